The molecule has 0 aromatic heterocycles. The Bertz CT molecular complexity index is 1440. The minimum Gasteiger partial charge on any atom is -0.348 e. The summed E-state index contributed by atoms with van der Waals surface area (Å²) in [5.74, 6) is -2.51. The van der Waals surface area contributed by atoms with Crippen LogP contribution >= 0.6 is 0 Å². The van der Waals surface area contributed by atoms with E-state index in [0.717, 1.165) is 40.6 Å². The van der Waals surface area contributed by atoms with Crippen LogP contribution in [0, 0.1) is 17.5 Å². The van der Waals surface area contributed by atoms with Crippen molar-refractivity contribution in [2.45, 2.75) is 32.7 Å². The van der Waals surface area contributed by atoms with Crippen LogP contribution in [0.1, 0.15) is 46.0 Å². The Hall–Kier alpha value is -4.00. The molecule has 5 rings (SSSR count). The molecule has 2 aliphatic rings. The van der Waals surface area contributed by atoms with E-state index in [9.17, 15) is 18.4 Å². The number of carbonyl (C=O) groups is 2. The van der Waals surface area contributed by atoms with Gasteiger partial charge in [0.1, 0.15) is 23.2 Å². The fraction of sp³-hybridized carbons (Fsp3) is 0.179. The molecule has 35 heavy (non-hydrogen) atoms. The standard InChI is InChI=1S/C28H21F3N2O2/c1-15-6-26(32-13-15)23-5-4-21(24-14-33-28(35)27(23)24)22-3-2-16(11-25(22)31)9-20(34)10-17-7-18(29)12-19(30)8-17/h2-5,7-8,11-13H,6,9-10,14H2,1H3,(H,33,35). The van der Waals surface area contributed by atoms with Crippen LogP contribution in [0.15, 0.2) is 65.3 Å². The average Bonchev–Trinajstić information content (AvgIpc) is 3.39. The van der Waals surface area contributed by atoms with Crippen molar-refractivity contribution >= 4 is 17.4 Å². The third-order valence-corrected chi connectivity index (χ3v) is 6.21. The van der Waals surface area contributed by atoms with Gasteiger partial charge in [-0.15, -0.1) is 0 Å². The van der Waals surface area contributed by atoms with Gasteiger partial charge in [0.05, 0.1) is 11.3 Å². The van der Waals surface area contributed by atoms with Gasteiger partial charge in [0.25, 0.3) is 5.91 Å². The topological polar surface area (TPSA) is 58.5 Å². The number of ketones is 1. The summed E-state index contributed by atoms with van der Waals surface area (Å²) in [5.41, 5.74) is 5.53. The maximum atomic E-state index is 15.2. The van der Waals surface area contributed by atoms with Gasteiger partial charge in [-0.2, -0.15) is 0 Å². The lowest BCUT2D eigenvalue weighted by molar-refractivity contribution is -0.117. The Morgan fingerprint density at radius 3 is 2.29 bits per heavy atom. The van der Waals surface area contributed by atoms with E-state index < -0.39 is 17.5 Å². The molecule has 1 amide bonds. The highest BCUT2D eigenvalue weighted by molar-refractivity contribution is 6.14. The predicted octanol–water partition coefficient (Wildman–Crippen LogP) is 5.47. The van der Waals surface area contributed by atoms with Crippen molar-refractivity contribution in [2.24, 2.45) is 4.99 Å². The molecule has 0 bridgehead atoms. The largest absolute Gasteiger partial charge is 0.348 e. The Balaban J connectivity index is 1.40. The van der Waals surface area contributed by atoms with E-state index in [4.69, 9.17) is 0 Å². The molecule has 0 aliphatic carbocycles. The number of rotatable bonds is 6. The molecule has 176 valence electrons. The third kappa shape index (κ3) is 4.54. The number of amides is 1. The van der Waals surface area contributed by atoms with E-state index in [2.05, 4.69) is 10.3 Å². The van der Waals surface area contributed by atoms with E-state index in [-0.39, 0.29) is 30.1 Å². The Kier molecular flexibility index (Phi) is 5.84. The van der Waals surface area contributed by atoms with Crippen LogP contribution in [0.3, 0.4) is 0 Å². The summed E-state index contributed by atoms with van der Waals surface area (Å²) in [6.07, 6.45) is 2.23. The first-order valence-corrected chi connectivity index (χ1v) is 11.2. The number of halogens is 3. The Labute approximate surface area is 200 Å². The first kappa shape index (κ1) is 22.8. The number of hydrogen-bond acceptors (Lipinski definition) is 3. The normalized spacial score (nSPS) is 14.5. The van der Waals surface area contributed by atoms with Gasteiger partial charge in [-0.25, -0.2) is 13.2 Å². The summed E-state index contributed by atoms with van der Waals surface area (Å²) in [6.45, 7) is 2.27. The Morgan fingerprint density at radius 1 is 0.914 bits per heavy atom. The van der Waals surface area contributed by atoms with E-state index >= 15 is 4.39 Å². The van der Waals surface area contributed by atoms with Crippen LogP contribution < -0.4 is 5.32 Å². The number of fused-ring (bicyclic) bond motifs is 1. The number of nitrogens with one attached hydrogen (secondary N) is 1. The fourth-order valence-corrected chi connectivity index (χ4v) is 4.67. The zero-order chi connectivity index (χ0) is 24.7. The summed E-state index contributed by atoms with van der Waals surface area (Å²) in [7, 11) is 0. The number of aliphatic imine (C=N–C) groups is 1. The molecule has 1 N–H and O–H groups in total. The third-order valence-electron chi connectivity index (χ3n) is 6.21. The molecule has 3 aromatic carbocycles. The summed E-state index contributed by atoms with van der Waals surface area (Å²) in [6, 6.07) is 11.1. The monoisotopic (exact) mass is 474 g/mol. The molecule has 0 fully saturated rings. The summed E-state index contributed by atoms with van der Waals surface area (Å²) in [5, 5.41) is 2.83. The van der Waals surface area contributed by atoms with E-state index in [1.54, 1.807) is 30.5 Å². The van der Waals surface area contributed by atoms with Gasteiger partial charge < -0.3 is 5.32 Å². The van der Waals surface area contributed by atoms with Gasteiger partial charge in [-0.3, -0.25) is 14.6 Å². The summed E-state index contributed by atoms with van der Waals surface area (Å²) >= 11 is 0. The molecule has 0 saturated heterocycles. The predicted molar refractivity (Wildman–Crippen MR) is 127 cm³/mol. The van der Waals surface area contributed by atoms with Gasteiger partial charge in [0, 0.05) is 49.2 Å². The second kappa shape index (κ2) is 8.98. The van der Waals surface area contributed by atoms with Crippen molar-refractivity contribution < 1.29 is 22.8 Å². The van der Waals surface area contributed by atoms with Gasteiger partial charge in [0.2, 0.25) is 0 Å². The zero-order valence-electron chi connectivity index (χ0n) is 18.9. The lowest BCUT2D eigenvalue weighted by Crippen LogP contribution is -2.15. The SMILES string of the molecule is CC1=CN=C(c2ccc(-c3ccc(CC(=O)Cc4cc(F)cc(F)c4)cc3F)c3c2C(=O)NC3)C1. The van der Waals surface area contributed by atoms with Gasteiger partial charge in [0.15, 0.2) is 0 Å². The second-order valence-electron chi connectivity index (χ2n) is 8.91. The second-order valence-corrected chi connectivity index (χ2v) is 8.91. The number of benzene rings is 3. The Morgan fingerprint density at radius 2 is 1.60 bits per heavy atom. The lowest BCUT2D eigenvalue weighted by Gasteiger charge is -2.13. The van der Waals surface area contributed by atoms with Crippen molar-refractivity contribution in [2.75, 3.05) is 0 Å². The molecule has 0 spiro atoms. The highest BCUT2D eigenvalue weighted by Crippen LogP contribution is 2.35. The van der Waals surface area contributed by atoms with Crippen molar-refractivity contribution in [1.82, 2.24) is 5.32 Å². The van der Waals surface area contributed by atoms with Crippen LogP contribution in [0.5, 0.6) is 0 Å². The number of Topliss-reactive ketones (excluding diaryl/α,β-unsaturated/α-hetero) is 1. The molecular formula is C28H21F3N2O2. The molecule has 7 heteroatoms. The number of carbonyl (C=O) groups excluding carboxylic acids is 2. The van der Waals surface area contributed by atoms with E-state index in [1.165, 1.54) is 6.07 Å². The van der Waals surface area contributed by atoms with E-state index in [0.29, 0.717) is 35.2 Å². The maximum absolute atomic E-state index is 15.2. The van der Waals surface area contributed by atoms with Crippen LogP contribution in [0.25, 0.3) is 11.1 Å². The zero-order valence-corrected chi connectivity index (χ0v) is 18.9. The van der Waals surface area contributed by atoms with Crippen molar-refractivity contribution in [3.05, 3.63) is 106 Å². The minimum atomic E-state index is -0.749. The summed E-state index contributed by atoms with van der Waals surface area (Å²) < 4.78 is 41.9. The molecule has 3 aromatic rings. The van der Waals surface area contributed by atoms with Crippen LogP contribution in [0.2, 0.25) is 0 Å². The molecule has 2 aliphatic heterocycles. The fourth-order valence-electron chi connectivity index (χ4n) is 4.67. The molecule has 2 heterocycles. The smallest absolute Gasteiger partial charge is 0.252 e. The number of allylic oxidation sites excluding steroid dienone is 1. The number of nitrogens with zero attached hydrogens (tertiary/aromatic N) is 1. The van der Waals surface area contributed by atoms with Crippen LogP contribution in [0.4, 0.5) is 13.2 Å². The molecule has 0 unspecified atom stereocenters. The van der Waals surface area contributed by atoms with Gasteiger partial charge in [-0.1, -0.05) is 24.3 Å². The molecular weight excluding hydrogens is 453 g/mol. The van der Waals surface area contributed by atoms with Crippen LogP contribution in [-0.2, 0) is 24.2 Å². The average molecular weight is 474 g/mol. The maximum Gasteiger partial charge on any atom is 0.252 e. The summed E-state index contributed by atoms with van der Waals surface area (Å²) in [4.78, 5) is 29.4. The molecule has 4 nitrogen and oxygen atoms in total. The van der Waals surface area contributed by atoms with Crippen molar-refractivity contribution in [3.63, 3.8) is 0 Å². The lowest BCUT2D eigenvalue weighted by atomic mass is 9.90. The number of hydrogen-bond donors (Lipinski definition) is 1. The van der Waals surface area contributed by atoms with Gasteiger partial charge in [-0.05, 0) is 52.9 Å². The quantitative estimate of drug-likeness (QED) is 0.516. The molecule has 0 atom stereocenters. The van der Waals surface area contributed by atoms with Crippen LogP contribution in [-0.4, -0.2) is 17.4 Å². The van der Waals surface area contributed by atoms with E-state index in [1.807, 2.05) is 6.92 Å². The first-order valence-electron chi connectivity index (χ1n) is 11.2. The first-order chi connectivity index (χ1) is 16.8. The minimum absolute atomic E-state index is 0.0708. The molecule has 0 radical (unpaired) electrons. The van der Waals surface area contributed by atoms with Gasteiger partial charge >= 0.3 is 0 Å². The van der Waals surface area contributed by atoms with Crippen molar-refractivity contribution in [3.8, 4) is 11.1 Å². The molecule has 0 saturated carbocycles. The highest BCUT2D eigenvalue weighted by Gasteiger charge is 2.29. The highest BCUT2D eigenvalue weighted by atomic mass is 19.1. The van der Waals surface area contributed by atoms with Crippen molar-refractivity contribution in [1.29, 1.82) is 0 Å².